The van der Waals surface area contributed by atoms with E-state index in [4.69, 9.17) is 39.5 Å². The van der Waals surface area contributed by atoms with E-state index in [1.54, 1.807) is 0 Å². The first-order valence-corrected chi connectivity index (χ1v) is 10.9. The van der Waals surface area contributed by atoms with Crippen molar-refractivity contribution in [2.75, 3.05) is 6.61 Å². The highest BCUT2D eigenvalue weighted by Gasteiger charge is 2.53. The third kappa shape index (κ3) is 3.73. The van der Waals surface area contributed by atoms with E-state index in [9.17, 15) is 9.59 Å². The largest absolute Gasteiger partial charge is 0.451 e. The quantitative estimate of drug-likeness (QED) is 0.653. The summed E-state index contributed by atoms with van der Waals surface area (Å²) in [6, 6.07) is 0.0683. The van der Waals surface area contributed by atoms with Crippen LogP contribution < -0.4 is 5.32 Å². The zero-order chi connectivity index (χ0) is 20.1. The molecule has 152 valence electrons. The lowest BCUT2D eigenvalue weighted by atomic mass is 9.48. The van der Waals surface area contributed by atoms with Crippen molar-refractivity contribution in [2.24, 2.45) is 23.2 Å². The molecule has 4 bridgehead atoms. The zero-order valence-corrected chi connectivity index (χ0v) is 17.9. The molecule has 4 aliphatic carbocycles. The zero-order valence-electron chi connectivity index (χ0n) is 15.6. The number of pyridine rings is 1. The van der Waals surface area contributed by atoms with Crippen molar-refractivity contribution < 1.29 is 14.3 Å². The highest BCUT2D eigenvalue weighted by atomic mass is 35.5. The van der Waals surface area contributed by atoms with E-state index in [1.165, 1.54) is 44.7 Å². The lowest BCUT2D eigenvalue weighted by molar-refractivity contribution is -0.128. The number of hydrogen-bond acceptors (Lipinski definition) is 4. The van der Waals surface area contributed by atoms with Crippen molar-refractivity contribution in [2.45, 2.75) is 51.5 Å². The topological polar surface area (TPSA) is 68.3 Å². The van der Waals surface area contributed by atoms with Crippen molar-refractivity contribution in [3.8, 4) is 0 Å². The number of nitrogens with one attached hydrogen (secondary N) is 1. The van der Waals surface area contributed by atoms with Crippen molar-refractivity contribution in [1.29, 1.82) is 0 Å². The fraction of sp³-hybridized carbons (Fsp3) is 0.650. The van der Waals surface area contributed by atoms with Crippen LogP contribution in [-0.2, 0) is 9.53 Å². The number of hydrogen-bond donors (Lipinski definition) is 1. The summed E-state index contributed by atoms with van der Waals surface area (Å²) in [5.74, 6) is 1.32. The minimum atomic E-state index is -0.804. The van der Waals surface area contributed by atoms with Gasteiger partial charge >= 0.3 is 5.97 Å². The van der Waals surface area contributed by atoms with Gasteiger partial charge in [0.2, 0.25) is 0 Å². The number of esters is 1. The molecule has 1 N–H and O–H groups in total. The Morgan fingerprint density at radius 1 is 1.14 bits per heavy atom. The second-order valence-corrected chi connectivity index (χ2v) is 9.89. The monoisotopic (exact) mass is 444 g/mol. The minimum Gasteiger partial charge on any atom is -0.451 e. The summed E-state index contributed by atoms with van der Waals surface area (Å²) >= 11 is 17.7. The number of halogens is 3. The van der Waals surface area contributed by atoms with Crippen LogP contribution in [0.1, 0.15) is 55.9 Å². The molecule has 0 spiro atoms. The fourth-order valence-electron chi connectivity index (χ4n) is 5.93. The second-order valence-electron chi connectivity index (χ2n) is 8.73. The van der Waals surface area contributed by atoms with Gasteiger partial charge in [0, 0.05) is 12.2 Å². The maximum Gasteiger partial charge on any atom is 0.359 e. The molecule has 0 aromatic carbocycles. The van der Waals surface area contributed by atoms with Crippen LogP contribution in [0.4, 0.5) is 0 Å². The maximum atomic E-state index is 12.4. The predicted octanol–water partition coefficient (Wildman–Crippen LogP) is 4.92. The van der Waals surface area contributed by atoms with Gasteiger partial charge in [0.15, 0.2) is 12.3 Å². The number of aromatic nitrogens is 1. The van der Waals surface area contributed by atoms with Gasteiger partial charge in [0.05, 0.1) is 15.1 Å². The van der Waals surface area contributed by atoms with Gasteiger partial charge in [0.1, 0.15) is 0 Å². The van der Waals surface area contributed by atoms with Crippen LogP contribution in [0.2, 0.25) is 15.1 Å². The number of ether oxygens (including phenoxy) is 1. The van der Waals surface area contributed by atoms with Crippen molar-refractivity contribution in [1.82, 2.24) is 10.3 Å². The van der Waals surface area contributed by atoms with Gasteiger partial charge in [-0.25, -0.2) is 9.78 Å². The second kappa shape index (κ2) is 7.66. The van der Waals surface area contributed by atoms with Crippen molar-refractivity contribution >= 4 is 46.7 Å². The highest BCUT2D eigenvalue weighted by molar-refractivity contribution is 6.48. The van der Waals surface area contributed by atoms with E-state index in [1.807, 2.05) is 0 Å². The molecule has 1 atom stereocenters. The molecule has 0 unspecified atom stereocenters. The van der Waals surface area contributed by atoms with Crippen LogP contribution in [0.25, 0.3) is 0 Å². The first-order valence-electron chi connectivity index (χ1n) is 9.73. The number of rotatable bonds is 5. The van der Waals surface area contributed by atoms with Crippen LogP contribution in [0.5, 0.6) is 0 Å². The average molecular weight is 446 g/mol. The molecule has 1 aromatic rings. The normalized spacial score (nSPS) is 31.5. The van der Waals surface area contributed by atoms with Crippen LogP contribution in [-0.4, -0.2) is 29.5 Å². The van der Waals surface area contributed by atoms with Crippen LogP contribution in [0, 0.1) is 23.2 Å². The number of carbonyl (C=O) groups is 2. The Morgan fingerprint density at radius 3 is 2.29 bits per heavy atom. The van der Waals surface area contributed by atoms with Gasteiger partial charge in [-0.3, -0.25) is 4.79 Å². The highest BCUT2D eigenvalue weighted by Crippen LogP contribution is 2.61. The van der Waals surface area contributed by atoms with Gasteiger partial charge in [-0.15, -0.1) is 0 Å². The summed E-state index contributed by atoms with van der Waals surface area (Å²) in [6.45, 7) is 1.71. The molecule has 0 radical (unpaired) electrons. The molecule has 4 fully saturated rings. The molecule has 1 amide bonds. The molecule has 5 rings (SSSR count). The summed E-state index contributed by atoms with van der Waals surface area (Å²) < 4.78 is 5.09. The Morgan fingerprint density at radius 2 is 1.71 bits per heavy atom. The summed E-state index contributed by atoms with van der Waals surface area (Å²) in [6.07, 6.45) is 8.88. The Hall–Kier alpha value is -1.04. The molecule has 1 aromatic heterocycles. The Balaban J connectivity index is 1.34. The van der Waals surface area contributed by atoms with Crippen LogP contribution in [0.3, 0.4) is 0 Å². The molecular formula is C20H23Cl3N2O3. The van der Waals surface area contributed by atoms with Crippen molar-refractivity contribution in [3.05, 3.63) is 27.0 Å². The molecule has 4 aliphatic rings. The van der Waals surface area contributed by atoms with Gasteiger partial charge < -0.3 is 10.1 Å². The van der Waals surface area contributed by atoms with E-state index >= 15 is 0 Å². The van der Waals surface area contributed by atoms with E-state index in [0.29, 0.717) is 0 Å². The van der Waals surface area contributed by atoms with Crippen LogP contribution >= 0.6 is 34.8 Å². The fourth-order valence-corrected chi connectivity index (χ4v) is 6.49. The summed E-state index contributed by atoms with van der Waals surface area (Å²) in [5.41, 5.74) is 0.0428. The van der Waals surface area contributed by atoms with Crippen LogP contribution in [0.15, 0.2) is 6.20 Å². The third-order valence-electron chi connectivity index (χ3n) is 6.83. The lowest BCUT2D eigenvalue weighted by Gasteiger charge is -2.59. The SMILES string of the molecule is C[C@@H](NC(=O)COC(=O)c1ncc(Cl)c(Cl)c1Cl)C12CC3CC(CC(C3)C1)C2. The van der Waals surface area contributed by atoms with Gasteiger partial charge in [-0.2, -0.15) is 0 Å². The Labute approximate surface area is 179 Å². The van der Waals surface area contributed by atoms with Gasteiger partial charge in [-0.1, -0.05) is 34.8 Å². The number of amides is 1. The smallest absolute Gasteiger partial charge is 0.359 e. The van der Waals surface area contributed by atoms with E-state index < -0.39 is 5.97 Å². The first-order chi connectivity index (χ1) is 13.3. The van der Waals surface area contributed by atoms with Gasteiger partial charge in [0.25, 0.3) is 5.91 Å². The summed E-state index contributed by atoms with van der Waals surface area (Å²) in [7, 11) is 0. The Kier molecular flexibility index (Phi) is 5.54. The standard InChI is InChI=1S/C20H23Cl3N2O3/c1-10(20-5-11-2-12(6-20)4-13(3-11)7-20)25-15(26)9-28-19(27)18-17(23)16(22)14(21)8-24-18/h8,10-13H,2-7,9H2,1H3,(H,25,26)/t10-,11?,12?,13?,20?/m1/s1. The number of carbonyl (C=O) groups excluding carboxylic acids is 2. The summed E-state index contributed by atoms with van der Waals surface area (Å²) in [4.78, 5) is 28.4. The minimum absolute atomic E-state index is 0.0326. The number of nitrogens with zero attached hydrogens (tertiary/aromatic N) is 1. The average Bonchev–Trinajstić information content (AvgIpc) is 2.63. The molecule has 28 heavy (non-hydrogen) atoms. The van der Waals surface area contributed by atoms with E-state index in [2.05, 4.69) is 17.2 Å². The van der Waals surface area contributed by atoms with E-state index in [0.717, 1.165) is 17.8 Å². The predicted molar refractivity (Wildman–Crippen MR) is 108 cm³/mol. The summed E-state index contributed by atoms with van der Waals surface area (Å²) in [5, 5.41) is 3.16. The van der Waals surface area contributed by atoms with Crippen molar-refractivity contribution in [3.63, 3.8) is 0 Å². The lowest BCUT2D eigenvalue weighted by Crippen LogP contribution is -2.56. The molecular weight excluding hydrogens is 423 g/mol. The Bertz CT molecular complexity index is 779. The molecule has 8 heteroatoms. The van der Waals surface area contributed by atoms with Gasteiger partial charge in [-0.05, 0) is 68.6 Å². The maximum absolute atomic E-state index is 12.4. The van der Waals surface area contributed by atoms with E-state index in [-0.39, 0.29) is 44.7 Å². The molecule has 4 saturated carbocycles. The molecule has 0 saturated heterocycles. The first kappa shape index (κ1) is 20.2. The molecule has 5 nitrogen and oxygen atoms in total. The molecule has 0 aliphatic heterocycles. The molecule has 1 heterocycles. The third-order valence-corrected chi connectivity index (χ3v) is 8.07.